The van der Waals surface area contributed by atoms with Gasteiger partial charge in [0, 0.05) is 37.9 Å². The molecule has 0 radical (unpaired) electrons. The van der Waals surface area contributed by atoms with Crippen LogP contribution in [0.4, 0.5) is 10.5 Å². The van der Waals surface area contributed by atoms with Gasteiger partial charge in [0.25, 0.3) is 0 Å². The van der Waals surface area contributed by atoms with Gasteiger partial charge in [0.2, 0.25) is 0 Å². The van der Waals surface area contributed by atoms with E-state index in [1.54, 1.807) is 0 Å². The fraction of sp³-hybridized carbons (Fsp3) is 0.533. The molecule has 1 aromatic carbocycles. The van der Waals surface area contributed by atoms with Crippen LogP contribution in [0.3, 0.4) is 0 Å². The summed E-state index contributed by atoms with van der Waals surface area (Å²) in [5.41, 5.74) is 7.44. The zero-order valence-electron chi connectivity index (χ0n) is 12.3. The summed E-state index contributed by atoms with van der Waals surface area (Å²) in [5, 5.41) is 2.95. The third-order valence-electron chi connectivity index (χ3n) is 3.87. The number of carbonyl (C=O) groups excluding carboxylic acids is 1. The Morgan fingerprint density at radius 1 is 1.45 bits per heavy atom. The van der Waals surface area contributed by atoms with E-state index in [0.29, 0.717) is 12.6 Å². The molecule has 0 aliphatic carbocycles. The van der Waals surface area contributed by atoms with Crippen molar-refractivity contribution < 1.29 is 4.79 Å². The fourth-order valence-corrected chi connectivity index (χ4v) is 2.63. The summed E-state index contributed by atoms with van der Waals surface area (Å²) in [6.45, 7) is 8.33. The number of nitrogens with two attached hydrogens (primary N) is 1. The van der Waals surface area contributed by atoms with Gasteiger partial charge in [0.1, 0.15) is 0 Å². The number of amides is 2. The minimum atomic E-state index is -0.0261. The number of benzene rings is 1. The Morgan fingerprint density at radius 3 is 2.90 bits per heavy atom. The Kier molecular flexibility index (Phi) is 4.98. The zero-order valence-corrected chi connectivity index (χ0v) is 12.3. The van der Waals surface area contributed by atoms with E-state index in [9.17, 15) is 4.79 Å². The standard InChI is InChI=1S/C15H24N4O/c1-3-18-7-8-19(11-12(18)2)15(20)17-14-6-4-5-13(9-14)10-16/h4-6,9,12H,3,7-8,10-11,16H2,1-2H3,(H,17,20). The van der Waals surface area contributed by atoms with Gasteiger partial charge >= 0.3 is 6.03 Å². The van der Waals surface area contributed by atoms with E-state index in [1.807, 2.05) is 29.2 Å². The third kappa shape index (κ3) is 3.49. The number of anilines is 1. The molecule has 1 fully saturated rings. The summed E-state index contributed by atoms with van der Waals surface area (Å²) in [5.74, 6) is 0. The Labute approximate surface area is 120 Å². The number of nitrogens with one attached hydrogen (secondary N) is 1. The molecule has 5 heteroatoms. The van der Waals surface area contributed by atoms with Crippen LogP contribution in [-0.4, -0.2) is 48.1 Å². The average molecular weight is 276 g/mol. The van der Waals surface area contributed by atoms with E-state index in [2.05, 4.69) is 24.1 Å². The molecule has 2 amide bonds. The highest BCUT2D eigenvalue weighted by molar-refractivity contribution is 5.89. The lowest BCUT2D eigenvalue weighted by Crippen LogP contribution is -2.54. The molecular formula is C15H24N4O. The normalized spacial score (nSPS) is 19.9. The van der Waals surface area contributed by atoms with Crippen LogP contribution in [0.25, 0.3) is 0 Å². The monoisotopic (exact) mass is 276 g/mol. The van der Waals surface area contributed by atoms with E-state index < -0.39 is 0 Å². The molecule has 1 unspecified atom stereocenters. The molecule has 5 nitrogen and oxygen atoms in total. The molecule has 0 spiro atoms. The van der Waals surface area contributed by atoms with Gasteiger partial charge in [-0.1, -0.05) is 19.1 Å². The van der Waals surface area contributed by atoms with E-state index in [0.717, 1.165) is 37.4 Å². The second-order valence-corrected chi connectivity index (χ2v) is 5.26. The molecule has 1 atom stereocenters. The summed E-state index contributed by atoms with van der Waals surface area (Å²) >= 11 is 0. The third-order valence-corrected chi connectivity index (χ3v) is 3.87. The summed E-state index contributed by atoms with van der Waals surface area (Å²) in [7, 11) is 0. The van der Waals surface area contributed by atoms with Gasteiger partial charge in [0.05, 0.1) is 0 Å². The van der Waals surface area contributed by atoms with Gasteiger partial charge in [-0.25, -0.2) is 4.79 Å². The molecule has 1 aliphatic rings. The Hall–Kier alpha value is -1.59. The lowest BCUT2D eigenvalue weighted by molar-refractivity contribution is 0.108. The predicted molar refractivity (Wildman–Crippen MR) is 81.6 cm³/mol. The van der Waals surface area contributed by atoms with Crippen molar-refractivity contribution >= 4 is 11.7 Å². The quantitative estimate of drug-likeness (QED) is 0.883. The molecule has 1 saturated heterocycles. The Morgan fingerprint density at radius 2 is 2.25 bits per heavy atom. The number of urea groups is 1. The van der Waals surface area contributed by atoms with Crippen LogP contribution < -0.4 is 11.1 Å². The maximum absolute atomic E-state index is 12.3. The van der Waals surface area contributed by atoms with Crippen LogP contribution in [-0.2, 0) is 6.54 Å². The van der Waals surface area contributed by atoms with Crippen molar-refractivity contribution in [3.8, 4) is 0 Å². The number of likely N-dealkylation sites (N-methyl/N-ethyl adjacent to an activating group) is 1. The molecule has 110 valence electrons. The summed E-state index contributed by atoms with van der Waals surface area (Å²) < 4.78 is 0. The first-order valence-corrected chi connectivity index (χ1v) is 7.23. The largest absolute Gasteiger partial charge is 0.326 e. The number of hydrogen-bond acceptors (Lipinski definition) is 3. The maximum atomic E-state index is 12.3. The highest BCUT2D eigenvalue weighted by Crippen LogP contribution is 2.13. The molecule has 1 aromatic rings. The Balaban J connectivity index is 1.95. The smallest absolute Gasteiger partial charge is 0.321 e. The predicted octanol–water partition coefficient (Wildman–Crippen LogP) is 1.70. The molecule has 0 aromatic heterocycles. The lowest BCUT2D eigenvalue weighted by Gasteiger charge is -2.39. The highest BCUT2D eigenvalue weighted by Gasteiger charge is 2.25. The average Bonchev–Trinajstić information content (AvgIpc) is 2.47. The van der Waals surface area contributed by atoms with E-state index in [4.69, 9.17) is 5.73 Å². The van der Waals surface area contributed by atoms with Crippen LogP contribution in [0.2, 0.25) is 0 Å². The molecule has 0 saturated carbocycles. The van der Waals surface area contributed by atoms with Gasteiger partial charge in [-0.2, -0.15) is 0 Å². The number of rotatable bonds is 3. The Bertz CT molecular complexity index is 463. The minimum Gasteiger partial charge on any atom is -0.326 e. The van der Waals surface area contributed by atoms with Crippen LogP contribution in [0.5, 0.6) is 0 Å². The van der Waals surface area contributed by atoms with Crippen LogP contribution in [0, 0.1) is 0 Å². The van der Waals surface area contributed by atoms with Crippen LogP contribution in [0.1, 0.15) is 19.4 Å². The van der Waals surface area contributed by atoms with Crippen molar-refractivity contribution in [1.29, 1.82) is 0 Å². The van der Waals surface area contributed by atoms with Crippen molar-refractivity contribution in [1.82, 2.24) is 9.80 Å². The summed E-state index contributed by atoms with van der Waals surface area (Å²) in [6, 6.07) is 8.07. The fourth-order valence-electron chi connectivity index (χ4n) is 2.63. The number of hydrogen-bond donors (Lipinski definition) is 2. The van der Waals surface area contributed by atoms with Crippen molar-refractivity contribution in [2.45, 2.75) is 26.4 Å². The molecule has 20 heavy (non-hydrogen) atoms. The van der Waals surface area contributed by atoms with Gasteiger partial charge < -0.3 is 16.0 Å². The van der Waals surface area contributed by atoms with Crippen LogP contribution >= 0.6 is 0 Å². The second kappa shape index (κ2) is 6.72. The molecule has 3 N–H and O–H groups in total. The van der Waals surface area contributed by atoms with Crippen molar-refractivity contribution in [3.63, 3.8) is 0 Å². The topological polar surface area (TPSA) is 61.6 Å². The van der Waals surface area contributed by atoms with Gasteiger partial charge in [0.15, 0.2) is 0 Å². The summed E-state index contributed by atoms with van der Waals surface area (Å²) in [6.07, 6.45) is 0. The zero-order chi connectivity index (χ0) is 14.5. The SMILES string of the molecule is CCN1CCN(C(=O)Nc2cccc(CN)c2)CC1C. The van der Waals surface area contributed by atoms with E-state index in [1.165, 1.54) is 0 Å². The molecule has 0 bridgehead atoms. The van der Waals surface area contributed by atoms with Crippen LogP contribution in [0.15, 0.2) is 24.3 Å². The molecular weight excluding hydrogens is 252 g/mol. The van der Waals surface area contributed by atoms with E-state index >= 15 is 0 Å². The van der Waals surface area contributed by atoms with Crippen molar-refractivity contribution in [2.24, 2.45) is 5.73 Å². The van der Waals surface area contributed by atoms with Crippen molar-refractivity contribution in [3.05, 3.63) is 29.8 Å². The van der Waals surface area contributed by atoms with Gasteiger partial charge in [-0.3, -0.25) is 4.90 Å². The second-order valence-electron chi connectivity index (χ2n) is 5.26. The first-order chi connectivity index (χ1) is 9.63. The minimum absolute atomic E-state index is 0.0261. The lowest BCUT2D eigenvalue weighted by atomic mass is 10.2. The summed E-state index contributed by atoms with van der Waals surface area (Å²) in [4.78, 5) is 16.5. The van der Waals surface area contributed by atoms with E-state index in [-0.39, 0.29) is 6.03 Å². The maximum Gasteiger partial charge on any atom is 0.321 e. The number of piperazine rings is 1. The van der Waals surface area contributed by atoms with Gasteiger partial charge in [-0.05, 0) is 31.2 Å². The first-order valence-electron chi connectivity index (χ1n) is 7.23. The molecule has 2 rings (SSSR count). The van der Waals surface area contributed by atoms with Crippen molar-refractivity contribution in [2.75, 3.05) is 31.5 Å². The number of nitrogens with zero attached hydrogens (tertiary/aromatic N) is 2. The highest BCUT2D eigenvalue weighted by atomic mass is 16.2. The number of carbonyl (C=O) groups is 1. The first kappa shape index (κ1) is 14.8. The van der Waals surface area contributed by atoms with Gasteiger partial charge in [-0.15, -0.1) is 0 Å². The molecule has 1 heterocycles. The molecule has 1 aliphatic heterocycles.